The van der Waals surface area contributed by atoms with Crippen LogP contribution in [-0.2, 0) is 15.8 Å². The van der Waals surface area contributed by atoms with Crippen molar-refractivity contribution in [1.82, 2.24) is 5.32 Å². The van der Waals surface area contributed by atoms with E-state index in [0.29, 0.717) is 5.56 Å². The maximum absolute atomic E-state index is 12.3. The van der Waals surface area contributed by atoms with Gasteiger partial charge in [0.2, 0.25) is 5.91 Å². The Labute approximate surface area is 112 Å². The van der Waals surface area contributed by atoms with Crippen LogP contribution < -0.4 is 5.32 Å². The monoisotopic (exact) mass is 287 g/mol. The highest BCUT2D eigenvalue weighted by Gasteiger charge is 2.29. The van der Waals surface area contributed by atoms with Gasteiger partial charge in [-0.3, -0.25) is 9.59 Å². The first-order chi connectivity index (χ1) is 9.20. The van der Waals surface area contributed by atoms with E-state index in [1.807, 2.05) is 0 Å². The molecule has 0 aromatic heterocycles. The number of halogens is 3. The lowest BCUT2D eigenvalue weighted by molar-refractivity contribution is -0.140. The average molecular weight is 287 g/mol. The number of carbonyl (C=O) groups excluding carboxylic acids is 1. The molecule has 1 atom stereocenters. The Morgan fingerprint density at radius 2 is 1.80 bits per heavy atom. The standard InChI is InChI=1S/C13H12F3NO3/c1-8(12(19)20)17-11(18)7-4-9-2-5-10(6-3-9)13(14,15)16/h2-8H,1H3,(H,17,18)(H,19,20)/b7-4+. The molecule has 1 rings (SSSR count). The Kier molecular flexibility index (Phi) is 4.90. The Morgan fingerprint density at radius 3 is 2.25 bits per heavy atom. The largest absolute Gasteiger partial charge is 0.480 e. The van der Waals surface area contributed by atoms with Gasteiger partial charge < -0.3 is 10.4 Å². The molecule has 2 N–H and O–H groups in total. The zero-order chi connectivity index (χ0) is 15.3. The van der Waals surface area contributed by atoms with E-state index < -0.39 is 29.7 Å². The lowest BCUT2D eigenvalue weighted by Gasteiger charge is -2.07. The summed E-state index contributed by atoms with van der Waals surface area (Å²) in [5.74, 6) is -1.82. The van der Waals surface area contributed by atoms with Crippen molar-refractivity contribution in [2.24, 2.45) is 0 Å². The minimum absolute atomic E-state index is 0.399. The summed E-state index contributed by atoms with van der Waals surface area (Å²) in [4.78, 5) is 21.8. The Morgan fingerprint density at radius 1 is 1.25 bits per heavy atom. The molecular weight excluding hydrogens is 275 g/mol. The second-order valence-corrected chi connectivity index (χ2v) is 4.02. The molecule has 4 nitrogen and oxygen atoms in total. The topological polar surface area (TPSA) is 66.4 Å². The van der Waals surface area contributed by atoms with Crippen molar-refractivity contribution >= 4 is 18.0 Å². The van der Waals surface area contributed by atoms with Gasteiger partial charge in [0.1, 0.15) is 6.04 Å². The summed E-state index contributed by atoms with van der Waals surface area (Å²) in [6.07, 6.45) is -2.05. The van der Waals surface area contributed by atoms with Crippen LogP contribution in [0.15, 0.2) is 30.3 Å². The van der Waals surface area contributed by atoms with Gasteiger partial charge >= 0.3 is 12.1 Å². The number of rotatable bonds is 4. The number of carbonyl (C=O) groups is 2. The van der Waals surface area contributed by atoms with Crippen LogP contribution in [0.3, 0.4) is 0 Å². The van der Waals surface area contributed by atoms with E-state index in [2.05, 4.69) is 5.32 Å². The molecule has 1 unspecified atom stereocenters. The molecule has 1 aromatic carbocycles. The summed E-state index contributed by atoms with van der Waals surface area (Å²) >= 11 is 0. The van der Waals surface area contributed by atoms with Crippen molar-refractivity contribution in [3.63, 3.8) is 0 Å². The normalized spacial score (nSPS) is 13.2. The van der Waals surface area contributed by atoms with Gasteiger partial charge in [-0.2, -0.15) is 13.2 Å². The van der Waals surface area contributed by atoms with Crippen LogP contribution in [0.2, 0.25) is 0 Å². The van der Waals surface area contributed by atoms with Crippen LogP contribution in [-0.4, -0.2) is 23.0 Å². The average Bonchev–Trinajstić information content (AvgIpc) is 2.35. The number of carboxylic acid groups (broad SMARTS) is 1. The van der Waals surface area contributed by atoms with Crippen LogP contribution in [0.25, 0.3) is 6.08 Å². The minimum Gasteiger partial charge on any atom is -0.480 e. The van der Waals surface area contributed by atoms with E-state index >= 15 is 0 Å². The fourth-order valence-corrected chi connectivity index (χ4v) is 1.28. The molecule has 7 heteroatoms. The van der Waals surface area contributed by atoms with E-state index in [1.165, 1.54) is 25.1 Å². The maximum Gasteiger partial charge on any atom is 0.416 e. The highest BCUT2D eigenvalue weighted by atomic mass is 19.4. The Bertz CT molecular complexity index is 521. The molecule has 0 saturated carbocycles. The third-order valence-corrected chi connectivity index (χ3v) is 2.39. The van der Waals surface area contributed by atoms with Crippen LogP contribution in [0, 0.1) is 0 Å². The van der Waals surface area contributed by atoms with E-state index in [4.69, 9.17) is 5.11 Å². The van der Waals surface area contributed by atoms with Crippen molar-refractivity contribution in [1.29, 1.82) is 0 Å². The first-order valence-electron chi connectivity index (χ1n) is 5.59. The second-order valence-electron chi connectivity index (χ2n) is 4.02. The first kappa shape index (κ1) is 15.7. The molecule has 108 valence electrons. The van der Waals surface area contributed by atoms with Gasteiger partial charge in [-0.05, 0) is 30.7 Å². The van der Waals surface area contributed by atoms with Crippen molar-refractivity contribution in [3.05, 3.63) is 41.5 Å². The van der Waals surface area contributed by atoms with Crippen molar-refractivity contribution < 1.29 is 27.9 Å². The summed E-state index contributed by atoms with van der Waals surface area (Å²) in [5.41, 5.74) is -0.380. The molecule has 1 aromatic rings. The van der Waals surface area contributed by atoms with Crippen molar-refractivity contribution in [2.75, 3.05) is 0 Å². The maximum atomic E-state index is 12.3. The van der Waals surface area contributed by atoms with Crippen molar-refractivity contribution in [2.45, 2.75) is 19.1 Å². The molecule has 0 aliphatic carbocycles. The van der Waals surface area contributed by atoms with Gasteiger partial charge in [0, 0.05) is 6.08 Å². The summed E-state index contributed by atoms with van der Waals surface area (Å²) in [6.45, 7) is 1.30. The third kappa shape index (κ3) is 4.75. The van der Waals surface area contributed by atoms with Crippen LogP contribution in [0.5, 0.6) is 0 Å². The van der Waals surface area contributed by atoms with Crippen LogP contribution in [0.4, 0.5) is 13.2 Å². The number of hydrogen-bond acceptors (Lipinski definition) is 2. The van der Waals surface area contributed by atoms with E-state index in [0.717, 1.165) is 18.2 Å². The predicted octanol–water partition coefficient (Wildman–Crippen LogP) is 2.31. The van der Waals surface area contributed by atoms with E-state index in [9.17, 15) is 22.8 Å². The molecular formula is C13H12F3NO3. The zero-order valence-corrected chi connectivity index (χ0v) is 10.4. The number of hydrogen-bond donors (Lipinski definition) is 2. The van der Waals surface area contributed by atoms with Crippen LogP contribution in [0.1, 0.15) is 18.1 Å². The highest BCUT2D eigenvalue weighted by Crippen LogP contribution is 2.29. The van der Waals surface area contributed by atoms with Gasteiger partial charge in [0.25, 0.3) is 0 Å². The second kappa shape index (κ2) is 6.23. The smallest absolute Gasteiger partial charge is 0.416 e. The summed E-state index contributed by atoms with van der Waals surface area (Å²) in [7, 11) is 0. The Hall–Kier alpha value is -2.31. The molecule has 0 aliphatic heterocycles. The number of nitrogens with one attached hydrogen (secondary N) is 1. The number of aliphatic carboxylic acids is 1. The van der Waals surface area contributed by atoms with Crippen LogP contribution >= 0.6 is 0 Å². The van der Waals surface area contributed by atoms with Gasteiger partial charge in [0.15, 0.2) is 0 Å². The summed E-state index contributed by atoms with van der Waals surface area (Å²) in [5, 5.41) is 10.8. The first-order valence-corrected chi connectivity index (χ1v) is 5.59. The summed E-state index contributed by atoms with van der Waals surface area (Å²) in [6, 6.07) is 3.19. The number of benzene rings is 1. The van der Waals surface area contributed by atoms with E-state index in [-0.39, 0.29) is 0 Å². The van der Waals surface area contributed by atoms with Crippen molar-refractivity contribution in [3.8, 4) is 0 Å². The quantitative estimate of drug-likeness (QED) is 0.835. The molecule has 0 saturated heterocycles. The Balaban J connectivity index is 2.67. The molecule has 0 bridgehead atoms. The van der Waals surface area contributed by atoms with Gasteiger partial charge in [-0.1, -0.05) is 12.1 Å². The number of amides is 1. The fourth-order valence-electron chi connectivity index (χ4n) is 1.28. The molecule has 0 heterocycles. The minimum atomic E-state index is -4.41. The lowest BCUT2D eigenvalue weighted by atomic mass is 10.1. The SMILES string of the molecule is CC(NC(=O)/C=C/c1ccc(C(F)(F)F)cc1)C(=O)O. The van der Waals surface area contributed by atoms with Gasteiger partial charge in [-0.15, -0.1) is 0 Å². The molecule has 1 amide bonds. The molecule has 0 spiro atoms. The zero-order valence-electron chi connectivity index (χ0n) is 10.4. The number of alkyl halides is 3. The molecule has 0 fully saturated rings. The molecule has 20 heavy (non-hydrogen) atoms. The lowest BCUT2D eigenvalue weighted by Crippen LogP contribution is -2.37. The van der Waals surface area contributed by atoms with E-state index in [1.54, 1.807) is 0 Å². The molecule has 0 radical (unpaired) electrons. The van der Waals surface area contributed by atoms with Gasteiger partial charge in [0.05, 0.1) is 5.56 Å². The number of carboxylic acids is 1. The predicted molar refractivity (Wildman–Crippen MR) is 65.7 cm³/mol. The third-order valence-electron chi connectivity index (χ3n) is 2.39. The fraction of sp³-hybridized carbons (Fsp3) is 0.231. The summed E-state index contributed by atoms with van der Waals surface area (Å²) < 4.78 is 36.9. The highest BCUT2D eigenvalue weighted by molar-refractivity contribution is 5.94. The molecule has 0 aliphatic rings. The van der Waals surface area contributed by atoms with Gasteiger partial charge in [-0.25, -0.2) is 0 Å².